The molecule has 1 heterocycles. The lowest BCUT2D eigenvalue weighted by molar-refractivity contribution is -0.140. The number of carbonyl (C=O) groups excluding carboxylic acids is 2. The molecule has 0 bridgehead atoms. The summed E-state index contributed by atoms with van der Waals surface area (Å²) in [5.41, 5.74) is 2.94. The van der Waals surface area contributed by atoms with E-state index < -0.39 is 17.7 Å². The van der Waals surface area contributed by atoms with Crippen LogP contribution in [0.4, 0.5) is 0 Å². The number of halogens is 2. The van der Waals surface area contributed by atoms with E-state index in [0.717, 1.165) is 11.1 Å². The number of methoxy groups -OCH3 is 2. The lowest BCUT2D eigenvalue weighted by Gasteiger charge is -2.25. The highest BCUT2D eigenvalue weighted by molar-refractivity contribution is 6.46. The maximum Gasteiger partial charge on any atom is 0.295 e. The Labute approximate surface area is 231 Å². The van der Waals surface area contributed by atoms with E-state index in [1.165, 1.54) is 31.3 Å². The summed E-state index contributed by atoms with van der Waals surface area (Å²) in [7, 11) is 2.93. The number of hydrogen-bond acceptors (Lipinski definition) is 6. The fourth-order valence-electron chi connectivity index (χ4n) is 4.37. The van der Waals surface area contributed by atoms with Crippen molar-refractivity contribution in [3.05, 3.63) is 98.5 Å². The number of aliphatic hydroxyl groups is 1. The van der Waals surface area contributed by atoms with Crippen molar-refractivity contribution in [1.82, 2.24) is 4.90 Å². The van der Waals surface area contributed by atoms with Gasteiger partial charge in [-0.1, -0.05) is 59.6 Å². The molecular formula is C29H27Cl2NO6. The van der Waals surface area contributed by atoms with E-state index in [0.29, 0.717) is 17.9 Å². The highest BCUT2D eigenvalue weighted by Gasteiger charge is 2.46. The molecule has 1 saturated heterocycles. The maximum atomic E-state index is 13.2. The predicted molar refractivity (Wildman–Crippen MR) is 146 cm³/mol. The third kappa shape index (κ3) is 5.50. The molecule has 0 spiro atoms. The summed E-state index contributed by atoms with van der Waals surface area (Å²) in [6, 6.07) is 17.1. The highest BCUT2D eigenvalue weighted by atomic mass is 35.5. The van der Waals surface area contributed by atoms with Crippen molar-refractivity contribution < 1.29 is 28.9 Å². The van der Waals surface area contributed by atoms with Gasteiger partial charge in [-0.25, -0.2) is 0 Å². The number of ether oxygens (including phenoxy) is 3. The van der Waals surface area contributed by atoms with Crippen molar-refractivity contribution in [2.24, 2.45) is 0 Å². The van der Waals surface area contributed by atoms with Gasteiger partial charge in [0.1, 0.15) is 18.1 Å². The molecule has 1 fully saturated rings. The molecule has 1 atom stereocenters. The molecule has 0 aliphatic carbocycles. The van der Waals surface area contributed by atoms with Crippen LogP contribution in [-0.4, -0.2) is 49.1 Å². The van der Waals surface area contributed by atoms with E-state index in [2.05, 4.69) is 0 Å². The molecule has 1 aliphatic heterocycles. The summed E-state index contributed by atoms with van der Waals surface area (Å²) >= 11 is 12.5. The lowest BCUT2D eigenvalue weighted by atomic mass is 9.95. The lowest BCUT2D eigenvalue weighted by Crippen LogP contribution is -2.32. The first-order valence-corrected chi connectivity index (χ1v) is 12.6. The fraction of sp³-hybridized carbons (Fsp3) is 0.241. The predicted octanol–water partition coefficient (Wildman–Crippen LogP) is 5.96. The first-order valence-electron chi connectivity index (χ1n) is 11.8. The molecule has 4 rings (SSSR count). The second kappa shape index (κ2) is 11.9. The fourth-order valence-corrected chi connectivity index (χ4v) is 5.01. The van der Waals surface area contributed by atoms with Crippen LogP contribution >= 0.6 is 23.2 Å². The van der Waals surface area contributed by atoms with E-state index in [1.807, 2.05) is 31.2 Å². The molecule has 38 heavy (non-hydrogen) atoms. The van der Waals surface area contributed by atoms with Crippen LogP contribution in [-0.2, 0) is 20.9 Å². The number of benzene rings is 3. The summed E-state index contributed by atoms with van der Waals surface area (Å²) in [5.74, 6) is -1.08. The minimum absolute atomic E-state index is 0.0722. The zero-order valence-corrected chi connectivity index (χ0v) is 22.7. The minimum atomic E-state index is -0.852. The van der Waals surface area contributed by atoms with E-state index in [4.69, 9.17) is 37.4 Å². The van der Waals surface area contributed by atoms with Gasteiger partial charge in [-0.15, -0.1) is 0 Å². The van der Waals surface area contributed by atoms with Crippen molar-refractivity contribution in [3.8, 4) is 11.5 Å². The highest BCUT2D eigenvalue weighted by Crippen LogP contribution is 2.42. The van der Waals surface area contributed by atoms with Gasteiger partial charge >= 0.3 is 0 Å². The molecule has 3 aromatic rings. The van der Waals surface area contributed by atoms with Crippen molar-refractivity contribution in [2.75, 3.05) is 27.4 Å². The second-order valence-electron chi connectivity index (χ2n) is 8.74. The Morgan fingerprint density at radius 1 is 1.00 bits per heavy atom. The number of carbonyl (C=O) groups is 2. The molecule has 3 aromatic carbocycles. The second-order valence-corrected chi connectivity index (χ2v) is 9.56. The Hall–Kier alpha value is -3.52. The monoisotopic (exact) mass is 555 g/mol. The molecule has 0 saturated carbocycles. The molecule has 198 valence electrons. The van der Waals surface area contributed by atoms with E-state index in [9.17, 15) is 14.7 Å². The third-order valence-corrected chi connectivity index (χ3v) is 6.97. The smallest absolute Gasteiger partial charge is 0.295 e. The summed E-state index contributed by atoms with van der Waals surface area (Å²) in [4.78, 5) is 27.6. The molecule has 7 nitrogen and oxygen atoms in total. The summed E-state index contributed by atoms with van der Waals surface area (Å²) in [5, 5.41) is 11.6. The maximum absolute atomic E-state index is 13.2. The number of ketones is 1. The molecule has 1 N–H and O–H groups in total. The van der Waals surface area contributed by atoms with Gasteiger partial charge < -0.3 is 24.2 Å². The molecule has 0 aromatic heterocycles. The minimum Gasteiger partial charge on any atom is -0.507 e. The molecular weight excluding hydrogens is 529 g/mol. The first kappa shape index (κ1) is 27.5. The zero-order valence-electron chi connectivity index (χ0n) is 21.2. The Morgan fingerprint density at radius 3 is 2.26 bits per heavy atom. The van der Waals surface area contributed by atoms with Gasteiger partial charge in [0.05, 0.1) is 35.4 Å². The van der Waals surface area contributed by atoms with Gasteiger partial charge in [0.15, 0.2) is 5.75 Å². The largest absolute Gasteiger partial charge is 0.507 e. The van der Waals surface area contributed by atoms with Crippen LogP contribution in [0.15, 0.2) is 66.2 Å². The van der Waals surface area contributed by atoms with Crippen molar-refractivity contribution in [2.45, 2.75) is 19.6 Å². The van der Waals surface area contributed by atoms with Crippen LogP contribution in [0.3, 0.4) is 0 Å². The Morgan fingerprint density at radius 2 is 1.66 bits per heavy atom. The number of likely N-dealkylation sites (tertiary alicyclic amines) is 1. The number of hydrogen-bond donors (Lipinski definition) is 1. The van der Waals surface area contributed by atoms with E-state index in [1.54, 1.807) is 24.3 Å². The molecule has 1 aliphatic rings. The van der Waals surface area contributed by atoms with Crippen LogP contribution < -0.4 is 9.47 Å². The number of nitrogens with zero attached hydrogens (tertiary/aromatic N) is 1. The Bertz CT molecular complexity index is 1360. The topological polar surface area (TPSA) is 85.3 Å². The first-order chi connectivity index (χ1) is 18.3. The number of rotatable bonds is 9. The van der Waals surface area contributed by atoms with Crippen molar-refractivity contribution in [3.63, 3.8) is 0 Å². The van der Waals surface area contributed by atoms with Crippen LogP contribution in [0, 0.1) is 6.92 Å². The Balaban J connectivity index is 1.71. The van der Waals surface area contributed by atoms with E-state index in [-0.39, 0.29) is 45.8 Å². The third-order valence-electron chi connectivity index (χ3n) is 6.40. The summed E-state index contributed by atoms with van der Waals surface area (Å²) in [6.45, 7) is 2.78. The normalized spacial score (nSPS) is 16.7. The van der Waals surface area contributed by atoms with Crippen LogP contribution in [0.2, 0.25) is 10.0 Å². The quantitative estimate of drug-likeness (QED) is 0.199. The van der Waals surface area contributed by atoms with Crippen LogP contribution in [0.25, 0.3) is 5.76 Å². The zero-order chi connectivity index (χ0) is 27.4. The molecule has 0 radical (unpaired) electrons. The van der Waals surface area contributed by atoms with Gasteiger partial charge in [-0.05, 0) is 47.9 Å². The van der Waals surface area contributed by atoms with Gasteiger partial charge in [-0.2, -0.15) is 0 Å². The van der Waals surface area contributed by atoms with Gasteiger partial charge in [-0.3, -0.25) is 9.59 Å². The summed E-state index contributed by atoms with van der Waals surface area (Å²) < 4.78 is 16.3. The SMILES string of the molecule is COCCN1C(=O)C(=O)/C(=C(/O)c2cc(Cl)c(OC)c(Cl)c2)C1c1ccc(OCc2ccccc2C)cc1. The van der Waals surface area contributed by atoms with E-state index >= 15 is 0 Å². The number of Topliss-reactive ketones (excluding diaryl/α,β-unsaturated/α-hetero) is 1. The number of amides is 1. The summed E-state index contributed by atoms with van der Waals surface area (Å²) in [6.07, 6.45) is 0. The number of aryl methyl sites for hydroxylation is 1. The standard InChI is InChI=1S/C29H27Cl2NO6/c1-17-6-4-5-7-19(17)16-38-21-10-8-18(9-11-21)25-24(27(34)29(35)32(25)12-13-36-2)26(33)20-14-22(30)28(37-3)23(31)15-20/h4-11,14-15,25,33H,12-13,16H2,1-3H3/b26-24+. The average Bonchev–Trinajstić information content (AvgIpc) is 3.16. The van der Waals surface area contributed by atoms with Crippen molar-refractivity contribution in [1.29, 1.82) is 0 Å². The van der Waals surface area contributed by atoms with Crippen LogP contribution in [0.5, 0.6) is 11.5 Å². The number of aliphatic hydroxyl groups excluding tert-OH is 1. The molecule has 1 amide bonds. The van der Waals surface area contributed by atoms with Gasteiger partial charge in [0.25, 0.3) is 11.7 Å². The molecule has 9 heteroatoms. The van der Waals surface area contributed by atoms with Crippen molar-refractivity contribution >= 4 is 40.7 Å². The van der Waals surface area contributed by atoms with Gasteiger partial charge in [0, 0.05) is 19.2 Å². The molecule has 1 unspecified atom stereocenters. The Kier molecular flexibility index (Phi) is 8.62. The average molecular weight is 556 g/mol. The van der Waals surface area contributed by atoms with Gasteiger partial charge in [0.2, 0.25) is 0 Å². The van der Waals surface area contributed by atoms with Crippen LogP contribution in [0.1, 0.15) is 28.3 Å².